The third-order valence-electron chi connectivity index (χ3n) is 8.21. The van der Waals surface area contributed by atoms with Gasteiger partial charge in [0, 0.05) is 13.0 Å². The maximum Gasteiger partial charge on any atom is 0.472 e. The topological polar surface area (TPSA) is 128 Å². The predicted molar refractivity (Wildman–Crippen MR) is 228 cm³/mol. The Bertz CT molecular complexity index is 1140. The molecule has 2 unspecified atom stereocenters. The van der Waals surface area contributed by atoms with Gasteiger partial charge < -0.3 is 20.5 Å². The fourth-order valence-corrected chi connectivity index (χ4v) is 5.95. The zero-order valence-corrected chi connectivity index (χ0v) is 34.6. The van der Waals surface area contributed by atoms with Crippen molar-refractivity contribution in [1.29, 1.82) is 0 Å². The number of esters is 1. The van der Waals surface area contributed by atoms with Crippen molar-refractivity contribution in [3.05, 3.63) is 97.2 Å². The molecule has 8 nitrogen and oxygen atoms in total. The number of ether oxygens (including phenoxy) is 1. The van der Waals surface area contributed by atoms with Crippen LogP contribution in [-0.4, -0.2) is 48.4 Å². The van der Waals surface area contributed by atoms with Crippen LogP contribution in [0, 0.1) is 0 Å². The quantitative estimate of drug-likeness (QED) is 0.0245. The average Bonchev–Trinajstić information content (AvgIpc) is 3.16. The smallest absolute Gasteiger partial charge is 0.463 e. The van der Waals surface area contributed by atoms with Gasteiger partial charge in [-0.1, -0.05) is 168 Å². The molecule has 0 heterocycles. The van der Waals surface area contributed by atoms with Crippen molar-refractivity contribution in [2.45, 2.75) is 154 Å². The molecule has 0 aliphatic heterocycles. The Labute approximate surface area is 329 Å². The van der Waals surface area contributed by atoms with Crippen LogP contribution >= 0.6 is 7.82 Å². The zero-order valence-electron chi connectivity index (χ0n) is 33.7. The number of phosphoric ester groups is 1. The van der Waals surface area contributed by atoms with Crippen LogP contribution in [0.15, 0.2) is 97.2 Å². The summed E-state index contributed by atoms with van der Waals surface area (Å²) in [6.07, 6.45) is 58.7. The van der Waals surface area contributed by atoms with E-state index >= 15 is 0 Å². The van der Waals surface area contributed by atoms with Gasteiger partial charge in [-0.2, -0.15) is 0 Å². The van der Waals surface area contributed by atoms with Crippen LogP contribution in [0.5, 0.6) is 0 Å². The van der Waals surface area contributed by atoms with Gasteiger partial charge in [0.05, 0.1) is 13.2 Å². The van der Waals surface area contributed by atoms with Gasteiger partial charge in [0.25, 0.3) is 0 Å². The van der Waals surface area contributed by atoms with E-state index in [1.165, 1.54) is 64.2 Å². The molecule has 0 saturated carbocycles. The minimum Gasteiger partial charge on any atom is -0.463 e. The van der Waals surface area contributed by atoms with E-state index < -0.39 is 26.5 Å². The molecule has 9 heteroatoms. The van der Waals surface area contributed by atoms with Crippen molar-refractivity contribution < 1.29 is 33.1 Å². The Hall–Kier alpha value is -2.58. The van der Waals surface area contributed by atoms with Crippen molar-refractivity contribution in [3.63, 3.8) is 0 Å². The molecular formula is C45H76NO7P. The molecule has 0 spiro atoms. The van der Waals surface area contributed by atoms with E-state index in [0.717, 1.165) is 70.6 Å². The number of unbranched alkanes of at least 4 members (excludes halogenated alkanes) is 12. The average molecular weight is 774 g/mol. The lowest BCUT2D eigenvalue weighted by Gasteiger charge is -2.15. The number of aliphatic hydroxyl groups excluding tert-OH is 1. The summed E-state index contributed by atoms with van der Waals surface area (Å²) in [4.78, 5) is 21.2. The summed E-state index contributed by atoms with van der Waals surface area (Å²) in [6, 6.07) is 0. The van der Waals surface area contributed by atoms with Gasteiger partial charge in [0.15, 0.2) is 0 Å². The number of allylic oxidation sites excluding steroid dienone is 16. The van der Waals surface area contributed by atoms with Gasteiger partial charge in [0.1, 0.15) is 12.7 Å². The van der Waals surface area contributed by atoms with Gasteiger partial charge in [-0.25, -0.2) is 4.57 Å². The molecule has 0 aliphatic carbocycles. The highest BCUT2D eigenvalue weighted by Crippen LogP contribution is 2.42. The van der Waals surface area contributed by atoms with Gasteiger partial charge in [-0.05, 0) is 70.6 Å². The molecule has 0 aliphatic rings. The van der Waals surface area contributed by atoms with E-state index in [2.05, 4.69) is 113 Å². The lowest BCUT2D eigenvalue weighted by atomic mass is 10.0. The molecule has 308 valence electrons. The third-order valence-corrected chi connectivity index (χ3v) is 9.20. The van der Waals surface area contributed by atoms with Crippen LogP contribution in [-0.2, 0) is 23.1 Å². The van der Waals surface area contributed by atoms with Crippen molar-refractivity contribution in [3.8, 4) is 0 Å². The fourth-order valence-electron chi connectivity index (χ4n) is 5.18. The molecule has 0 aromatic carbocycles. The summed E-state index contributed by atoms with van der Waals surface area (Å²) < 4.78 is 25.7. The molecular weight excluding hydrogens is 697 g/mol. The maximum absolute atomic E-state index is 11.8. The Morgan fingerprint density at radius 3 is 1.33 bits per heavy atom. The molecule has 0 radical (unpaired) electrons. The number of hydrogen-bond donors (Lipinski definition) is 3. The van der Waals surface area contributed by atoms with Crippen LogP contribution in [0.2, 0.25) is 0 Å². The number of phosphoric acid groups is 1. The highest BCUT2D eigenvalue weighted by Gasteiger charge is 2.22. The summed E-state index contributed by atoms with van der Waals surface area (Å²) in [5.74, 6) is -0.391. The number of rotatable bonds is 38. The second-order valence-electron chi connectivity index (χ2n) is 13.3. The molecule has 0 rings (SSSR count). The van der Waals surface area contributed by atoms with E-state index in [4.69, 9.17) is 10.5 Å². The van der Waals surface area contributed by atoms with Crippen molar-refractivity contribution in [2.75, 3.05) is 26.4 Å². The molecule has 4 N–H and O–H groups in total. The van der Waals surface area contributed by atoms with Crippen molar-refractivity contribution in [2.24, 2.45) is 5.73 Å². The van der Waals surface area contributed by atoms with E-state index in [1.54, 1.807) is 0 Å². The van der Waals surface area contributed by atoms with Gasteiger partial charge >= 0.3 is 13.8 Å². The monoisotopic (exact) mass is 774 g/mol. The first-order valence-corrected chi connectivity index (χ1v) is 22.3. The summed E-state index contributed by atoms with van der Waals surface area (Å²) in [5.41, 5.74) is 5.20. The van der Waals surface area contributed by atoms with Crippen LogP contribution in [0.3, 0.4) is 0 Å². The SMILES string of the molecule is CC/C=C\C/C=C\C/C=C\C/C=C\C/C=C\C/C=C\C/C=C\C/C=C\CCCCCCCCCCCCCCC(=O)OCC(O)COP(=O)(O)OCCN. The van der Waals surface area contributed by atoms with E-state index in [0.29, 0.717) is 6.42 Å². The minimum atomic E-state index is -4.26. The normalized spacial score (nSPS) is 14.5. The van der Waals surface area contributed by atoms with Crippen molar-refractivity contribution in [1.82, 2.24) is 0 Å². The van der Waals surface area contributed by atoms with E-state index in [-0.39, 0.29) is 19.8 Å². The van der Waals surface area contributed by atoms with Crippen LogP contribution in [0.25, 0.3) is 0 Å². The van der Waals surface area contributed by atoms with Crippen molar-refractivity contribution >= 4 is 13.8 Å². The molecule has 0 saturated heterocycles. The molecule has 0 aromatic heterocycles. The first kappa shape index (κ1) is 51.4. The van der Waals surface area contributed by atoms with E-state index in [1.807, 2.05) is 0 Å². The van der Waals surface area contributed by atoms with Crippen LogP contribution in [0.4, 0.5) is 0 Å². The first-order chi connectivity index (χ1) is 26.4. The largest absolute Gasteiger partial charge is 0.472 e. The zero-order chi connectivity index (χ0) is 39.5. The number of nitrogens with two attached hydrogens (primary N) is 1. The summed E-state index contributed by atoms with van der Waals surface area (Å²) in [5, 5.41) is 9.77. The van der Waals surface area contributed by atoms with E-state index in [9.17, 15) is 19.4 Å². The fraction of sp³-hybridized carbons (Fsp3) is 0.622. The Morgan fingerprint density at radius 2 is 0.926 bits per heavy atom. The second kappa shape index (κ2) is 41.6. The standard InChI is InChI=1S/C45H76NO7P/c1-2-3-4-5-6-7-8-9-10-11-12-13-14-15-16-17-18-19-20-21-22-23-24-25-26-27-28-29-30-31-32-33-34-35-36-37-38-39-45(48)51-42-44(47)43-53-54(49,50)52-41-40-46/h3-4,6-7,9-10,12-13,15-16,18-19,21-22,24-25,44,47H,2,5,8,11,14,17,20,23,26-43,46H2,1H3,(H,49,50)/b4-3-,7-6-,10-9-,13-12-,16-15-,19-18-,22-21-,25-24-. The van der Waals surface area contributed by atoms with Crippen LogP contribution < -0.4 is 5.73 Å². The molecule has 0 amide bonds. The van der Waals surface area contributed by atoms with Crippen LogP contribution in [0.1, 0.15) is 148 Å². The van der Waals surface area contributed by atoms with Gasteiger partial charge in [-0.15, -0.1) is 0 Å². The second-order valence-corrected chi connectivity index (χ2v) is 14.8. The third kappa shape index (κ3) is 42.2. The lowest BCUT2D eigenvalue weighted by molar-refractivity contribution is -0.147. The molecule has 0 bridgehead atoms. The Kier molecular flexibility index (Phi) is 39.6. The number of aliphatic hydroxyl groups is 1. The lowest BCUT2D eigenvalue weighted by Crippen LogP contribution is -2.23. The highest BCUT2D eigenvalue weighted by molar-refractivity contribution is 7.47. The molecule has 0 aromatic rings. The predicted octanol–water partition coefficient (Wildman–Crippen LogP) is 12.0. The number of carbonyl (C=O) groups is 1. The minimum absolute atomic E-state index is 0.0703. The molecule has 2 atom stereocenters. The maximum atomic E-state index is 11.8. The first-order valence-electron chi connectivity index (χ1n) is 20.8. The molecule has 54 heavy (non-hydrogen) atoms. The number of hydrogen-bond acceptors (Lipinski definition) is 7. The Balaban J connectivity index is 3.48. The Morgan fingerprint density at radius 1 is 0.556 bits per heavy atom. The summed E-state index contributed by atoms with van der Waals surface area (Å²) in [6.45, 7) is 1.33. The van der Waals surface area contributed by atoms with Gasteiger partial charge in [-0.3, -0.25) is 13.8 Å². The van der Waals surface area contributed by atoms with Gasteiger partial charge in [0.2, 0.25) is 0 Å². The molecule has 0 fully saturated rings. The number of carbonyl (C=O) groups excluding carboxylic acids is 1. The summed E-state index contributed by atoms with van der Waals surface area (Å²) in [7, 11) is -4.26. The summed E-state index contributed by atoms with van der Waals surface area (Å²) >= 11 is 0. The highest BCUT2D eigenvalue weighted by atomic mass is 31.2.